The third-order valence-electron chi connectivity index (χ3n) is 3.91. The van der Waals surface area contributed by atoms with E-state index < -0.39 is 0 Å². The Morgan fingerprint density at radius 3 is 2.33 bits per heavy atom. The molecule has 1 saturated carbocycles. The summed E-state index contributed by atoms with van der Waals surface area (Å²) < 4.78 is 5.42. The van der Waals surface area contributed by atoms with Crippen LogP contribution in [-0.2, 0) is 0 Å². The molecular weight excluding hydrogens is 266 g/mol. The van der Waals surface area contributed by atoms with Crippen molar-refractivity contribution < 1.29 is 4.74 Å². The molecule has 21 heavy (non-hydrogen) atoms. The van der Waals surface area contributed by atoms with Crippen molar-refractivity contribution in [1.82, 2.24) is 15.0 Å². The lowest BCUT2D eigenvalue weighted by molar-refractivity contribution is 0.312. The number of nitrogens with zero attached hydrogens (tertiary/aromatic N) is 3. The highest BCUT2D eigenvalue weighted by molar-refractivity contribution is 5.36. The summed E-state index contributed by atoms with van der Waals surface area (Å²) in [6, 6.07) is 0.380. The molecule has 1 aromatic heterocycles. The van der Waals surface area contributed by atoms with E-state index in [1.54, 1.807) is 0 Å². The summed E-state index contributed by atoms with van der Waals surface area (Å²) in [5, 5.41) is 6.55. The van der Waals surface area contributed by atoms with Crippen LogP contribution < -0.4 is 15.4 Å². The van der Waals surface area contributed by atoms with Gasteiger partial charge in [-0.3, -0.25) is 0 Å². The minimum Gasteiger partial charge on any atom is -0.464 e. The van der Waals surface area contributed by atoms with Gasteiger partial charge < -0.3 is 15.4 Å². The Labute approximate surface area is 127 Å². The zero-order valence-electron chi connectivity index (χ0n) is 13.4. The zero-order valence-corrected chi connectivity index (χ0v) is 13.4. The molecule has 6 nitrogen and oxygen atoms in total. The van der Waals surface area contributed by atoms with Gasteiger partial charge >= 0.3 is 6.01 Å². The third kappa shape index (κ3) is 4.72. The van der Waals surface area contributed by atoms with E-state index in [9.17, 15) is 0 Å². The van der Waals surface area contributed by atoms with Crippen LogP contribution in [0, 0.1) is 5.41 Å². The molecule has 0 radical (unpaired) electrons. The van der Waals surface area contributed by atoms with Crippen LogP contribution in [0.4, 0.5) is 11.9 Å². The summed E-state index contributed by atoms with van der Waals surface area (Å²) in [6.45, 7) is 8.65. The Balaban J connectivity index is 2.03. The number of aromatic nitrogens is 3. The molecule has 0 aromatic carbocycles. The van der Waals surface area contributed by atoms with Crippen molar-refractivity contribution in [3.05, 3.63) is 0 Å². The van der Waals surface area contributed by atoms with Gasteiger partial charge in [0.25, 0.3) is 0 Å². The first-order chi connectivity index (χ1) is 10.1. The molecule has 0 amide bonds. The van der Waals surface area contributed by atoms with Gasteiger partial charge in [0.15, 0.2) is 0 Å². The van der Waals surface area contributed by atoms with Crippen molar-refractivity contribution in [3.8, 4) is 6.01 Å². The normalized spacial score (nSPS) is 16.7. The Morgan fingerprint density at radius 1 is 1.05 bits per heavy atom. The van der Waals surface area contributed by atoms with Crippen LogP contribution in [0.2, 0.25) is 0 Å². The Morgan fingerprint density at radius 2 is 1.71 bits per heavy atom. The molecule has 0 unspecified atom stereocenters. The molecule has 1 aliphatic carbocycles. The van der Waals surface area contributed by atoms with Crippen LogP contribution >= 0.6 is 0 Å². The molecule has 2 rings (SSSR count). The minimum absolute atomic E-state index is 0.357. The second-order valence-electron chi connectivity index (χ2n) is 6.00. The third-order valence-corrected chi connectivity index (χ3v) is 3.91. The lowest BCUT2D eigenvalue weighted by Crippen LogP contribution is -2.24. The number of anilines is 2. The number of nitrogens with one attached hydrogen (secondary N) is 2. The Bertz CT molecular complexity index is 446. The van der Waals surface area contributed by atoms with E-state index in [4.69, 9.17) is 4.74 Å². The highest BCUT2D eigenvalue weighted by Crippen LogP contribution is 2.37. The largest absolute Gasteiger partial charge is 0.464 e. The minimum atomic E-state index is 0.357. The quantitative estimate of drug-likeness (QED) is 0.767. The number of hydrogen-bond donors (Lipinski definition) is 2. The van der Waals surface area contributed by atoms with E-state index in [1.165, 1.54) is 25.7 Å². The molecule has 0 aliphatic heterocycles. The van der Waals surface area contributed by atoms with Crippen molar-refractivity contribution in [1.29, 1.82) is 0 Å². The van der Waals surface area contributed by atoms with E-state index in [2.05, 4.69) is 39.4 Å². The molecule has 0 bridgehead atoms. The van der Waals surface area contributed by atoms with Crippen LogP contribution in [0.1, 0.15) is 52.9 Å². The number of rotatable bonds is 8. The molecule has 1 heterocycles. The van der Waals surface area contributed by atoms with Gasteiger partial charge in [-0.1, -0.05) is 26.7 Å². The van der Waals surface area contributed by atoms with Crippen molar-refractivity contribution in [2.75, 3.05) is 30.3 Å². The van der Waals surface area contributed by atoms with Crippen molar-refractivity contribution in [2.45, 2.75) is 52.9 Å². The van der Waals surface area contributed by atoms with Gasteiger partial charge in [0.05, 0.1) is 6.61 Å². The summed E-state index contributed by atoms with van der Waals surface area (Å²) in [5.41, 5.74) is 0.357. The molecule has 118 valence electrons. The van der Waals surface area contributed by atoms with Gasteiger partial charge in [-0.05, 0) is 31.6 Å². The van der Waals surface area contributed by atoms with Crippen LogP contribution in [0.5, 0.6) is 6.01 Å². The van der Waals surface area contributed by atoms with Gasteiger partial charge in [0.1, 0.15) is 0 Å². The number of ether oxygens (including phenoxy) is 1. The van der Waals surface area contributed by atoms with E-state index >= 15 is 0 Å². The maximum absolute atomic E-state index is 5.42. The van der Waals surface area contributed by atoms with Crippen molar-refractivity contribution in [3.63, 3.8) is 0 Å². The van der Waals surface area contributed by atoms with Crippen molar-refractivity contribution in [2.24, 2.45) is 5.41 Å². The predicted molar refractivity (Wildman–Crippen MR) is 84.8 cm³/mol. The molecule has 6 heteroatoms. The summed E-state index contributed by atoms with van der Waals surface area (Å²) in [5.74, 6) is 1.18. The smallest absolute Gasteiger partial charge is 0.323 e. The molecule has 1 aromatic rings. The molecule has 0 spiro atoms. The first-order valence-corrected chi connectivity index (χ1v) is 8.02. The summed E-state index contributed by atoms with van der Waals surface area (Å²) >= 11 is 0. The van der Waals surface area contributed by atoms with E-state index in [0.29, 0.717) is 29.9 Å². The Kier molecular flexibility index (Phi) is 5.59. The van der Waals surface area contributed by atoms with E-state index in [-0.39, 0.29) is 0 Å². The first-order valence-electron chi connectivity index (χ1n) is 8.02. The summed E-state index contributed by atoms with van der Waals surface area (Å²) in [6.07, 6.45) is 6.21. The first kappa shape index (κ1) is 15.8. The second-order valence-corrected chi connectivity index (χ2v) is 6.00. The van der Waals surface area contributed by atoms with E-state index in [0.717, 1.165) is 19.5 Å². The van der Waals surface area contributed by atoms with Gasteiger partial charge in [-0.2, -0.15) is 15.0 Å². The lowest BCUT2D eigenvalue weighted by Gasteiger charge is -2.23. The predicted octanol–water partition coefficient (Wildman–Crippen LogP) is 3.08. The highest BCUT2D eigenvalue weighted by atomic mass is 16.5. The topological polar surface area (TPSA) is 72.0 Å². The maximum Gasteiger partial charge on any atom is 0.323 e. The number of hydrogen-bond acceptors (Lipinski definition) is 6. The summed E-state index contributed by atoms with van der Waals surface area (Å²) in [7, 11) is 0. The zero-order chi connectivity index (χ0) is 15.1. The fraction of sp³-hybridized carbons (Fsp3) is 0.800. The van der Waals surface area contributed by atoms with Gasteiger partial charge in [-0.25, -0.2) is 0 Å². The van der Waals surface area contributed by atoms with Crippen LogP contribution in [0.15, 0.2) is 0 Å². The molecule has 0 saturated heterocycles. The van der Waals surface area contributed by atoms with Crippen LogP contribution in [-0.4, -0.2) is 34.6 Å². The average Bonchev–Trinajstić information content (AvgIpc) is 2.91. The molecule has 2 N–H and O–H groups in total. The lowest BCUT2D eigenvalue weighted by atomic mass is 9.89. The highest BCUT2D eigenvalue weighted by Gasteiger charge is 2.28. The standard InChI is InChI=1S/C15H27N5O/c1-4-10-16-12-18-13(20-14(19-12)21-5-2)17-11-15(3)8-6-7-9-15/h4-11H2,1-3H3,(H2,16,17,18,19,20). The van der Waals surface area contributed by atoms with Gasteiger partial charge in [-0.15, -0.1) is 0 Å². The van der Waals surface area contributed by atoms with Crippen LogP contribution in [0.25, 0.3) is 0 Å². The molecule has 1 aliphatic rings. The fourth-order valence-electron chi connectivity index (χ4n) is 2.64. The fourth-order valence-corrected chi connectivity index (χ4v) is 2.64. The van der Waals surface area contributed by atoms with Crippen molar-refractivity contribution >= 4 is 11.9 Å². The summed E-state index contributed by atoms with van der Waals surface area (Å²) in [4.78, 5) is 13.0. The second kappa shape index (κ2) is 7.43. The maximum atomic E-state index is 5.42. The van der Waals surface area contributed by atoms with E-state index in [1.807, 2.05) is 6.92 Å². The molecule has 0 atom stereocenters. The van der Waals surface area contributed by atoms with Gasteiger partial charge in [0.2, 0.25) is 11.9 Å². The van der Waals surface area contributed by atoms with Crippen LogP contribution in [0.3, 0.4) is 0 Å². The molecule has 1 fully saturated rings. The molecular formula is C15H27N5O. The average molecular weight is 293 g/mol. The van der Waals surface area contributed by atoms with Gasteiger partial charge in [0, 0.05) is 13.1 Å². The Hall–Kier alpha value is -1.59. The monoisotopic (exact) mass is 293 g/mol. The SMILES string of the molecule is CCCNc1nc(NCC2(C)CCCC2)nc(OCC)n1.